The van der Waals surface area contributed by atoms with E-state index < -0.39 is 15.8 Å². The Bertz CT molecular complexity index is 680. The molecule has 0 aliphatic carbocycles. The van der Waals surface area contributed by atoms with Crippen molar-refractivity contribution in [1.82, 2.24) is 0 Å². The van der Waals surface area contributed by atoms with Gasteiger partial charge in [-0.15, -0.1) is 0 Å². The van der Waals surface area contributed by atoms with E-state index in [-0.39, 0.29) is 5.91 Å². The van der Waals surface area contributed by atoms with Crippen molar-refractivity contribution >= 4 is 31.8 Å². The van der Waals surface area contributed by atoms with Gasteiger partial charge in [-0.25, -0.2) is 0 Å². The quantitative estimate of drug-likeness (QED) is 0.498. The van der Waals surface area contributed by atoms with Crippen LogP contribution in [0.3, 0.4) is 0 Å². The minimum absolute atomic E-state index is 0.164. The van der Waals surface area contributed by atoms with Crippen molar-refractivity contribution in [2.45, 2.75) is 0 Å². The van der Waals surface area contributed by atoms with Crippen LogP contribution in [-0.4, -0.2) is 34.0 Å². The van der Waals surface area contributed by atoms with E-state index in [0.717, 1.165) is 10.1 Å². The van der Waals surface area contributed by atoms with Gasteiger partial charge in [0, 0.05) is 0 Å². The Morgan fingerprint density at radius 1 is 1.18 bits per heavy atom. The molecule has 0 fully saturated rings. The van der Waals surface area contributed by atoms with Gasteiger partial charge in [0.05, 0.1) is 0 Å². The molecule has 0 aliphatic rings. The molecule has 22 heavy (non-hydrogen) atoms. The number of amides is 1. The first-order valence-electron chi connectivity index (χ1n) is 6.27. The van der Waals surface area contributed by atoms with Crippen molar-refractivity contribution < 1.29 is 19.0 Å². The molecule has 0 saturated carbocycles. The molecule has 7 heteroatoms. The summed E-state index contributed by atoms with van der Waals surface area (Å²) in [6.45, 7) is 0. The number of benzene rings is 2. The summed E-state index contributed by atoms with van der Waals surface area (Å²) in [5, 5.41) is 20.5. The first-order chi connectivity index (χ1) is 10.7. The second-order valence-electron chi connectivity index (χ2n) is 4.36. The Balaban J connectivity index is 2.10. The average molecular weight is 357 g/mol. The van der Waals surface area contributed by atoms with Gasteiger partial charge in [-0.2, -0.15) is 0 Å². The van der Waals surface area contributed by atoms with Crippen LogP contribution in [0.1, 0.15) is 15.9 Å². The fourth-order valence-corrected chi connectivity index (χ4v) is 2.73. The van der Waals surface area contributed by atoms with E-state index in [1.165, 1.54) is 4.90 Å². The van der Waals surface area contributed by atoms with Crippen LogP contribution in [0.25, 0.3) is 0 Å². The Hall–Kier alpha value is -2.18. The third-order valence-electron chi connectivity index (χ3n) is 3.02. The maximum absolute atomic E-state index is 12.4. The van der Waals surface area contributed by atoms with Crippen molar-refractivity contribution in [3.05, 3.63) is 59.7 Å². The first-order valence-corrected chi connectivity index (χ1v) is 8.17. The van der Waals surface area contributed by atoms with E-state index in [2.05, 4.69) is 8.95 Å². The van der Waals surface area contributed by atoms with Gasteiger partial charge in [-0.3, -0.25) is 0 Å². The minimum atomic E-state index is -1.01. The molecule has 0 spiro atoms. The Kier molecular flexibility index (Phi) is 5.69. The van der Waals surface area contributed by atoms with Crippen LogP contribution < -0.4 is 9.30 Å². The number of carbonyl (C=O) groups excluding carboxylic acids is 1. The van der Waals surface area contributed by atoms with Crippen LogP contribution in [-0.2, 0) is 8.95 Å². The summed E-state index contributed by atoms with van der Waals surface area (Å²) < 4.78 is 5.45. The standard InChI is InChI=1S/C15H12GeN2O4/c1-18(14-8-6-13(7-9-14)16-21-22-20)15(19)12-4-2-11(10-17)3-5-12/h2-9,20H,1H3. The van der Waals surface area contributed by atoms with Crippen molar-refractivity contribution in [2.24, 2.45) is 0 Å². The molecule has 0 aromatic heterocycles. The summed E-state index contributed by atoms with van der Waals surface area (Å²) in [5.41, 5.74) is 1.75. The molecule has 0 saturated heterocycles. The maximum atomic E-state index is 12.4. The number of hydrogen-bond donors (Lipinski definition) is 1. The summed E-state index contributed by atoms with van der Waals surface area (Å²) in [7, 11) is 1.68. The van der Waals surface area contributed by atoms with Gasteiger partial charge in [0.2, 0.25) is 0 Å². The van der Waals surface area contributed by atoms with Crippen molar-refractivity contribution in [1.29, 1.82) is 5.26 Å². The first kappa shape index (κ1) is 16.2. The number of nitriles is 1. The van der Waals surface area contributed by atoms with E-state index in [0.29, 0.717) is 11.1 Å². The summed E-state index contributed by atoms with van der Waals surface area (Å²) in [6.07, 6.45) is 0. The normalized spacial score (nSPS) is 10.0. The zero-order valence-electron chi connectivity index (χ0n) is 11.7. The molecule has 2 aromatic carbocycles. The molecular weight excluding hydrogens is 345 g/mol. The number of hydrogen-bond acceptors (Lipinski definition) is 5. The molecular formula is C15H12GeN2O4. The monoisotopic (exact) mass is 358 g/mol. The topological polar surface area (TPSA) is 82.8 Å². The predicted molar refractivity (Wildman–Crippen MR) is 80.5 cm³/mol. The summed E-state index contributed by atoms with van der Waals surface area (Å²) >= 11 is -1.01. The van der Waals surface area contributed by atoms with Crippen LogP contribution in [0.2, 0.25) is 0 Å². The van der Waals surface area contributed by atoms with E-state index in [4.69, 9.17) is 10.5 Å². The molecule has 0 heterocycles. The van der Waals surface area contributed by atoms with Gasteiger partial charge < -0.3 is 0 Å². The molecule has 1 N–H and O–H groups in total. The zero-order chi connectivity index (χ0) is 15.9. The Morgan fingerprint density at radius 3 is 2.36 bits per heavy atom. The molecule has 0 bridgehead atoms. The summed E-state index contributed by atoms with van der Waals surface area (Å²) in [6, 6.07) is 15.7. The number of rotatable bonds is 5. The predicted octanol–water partition coefficient (Wildman–Crippen LogP) is 1.50. The fraction of sp³-hybridized carbons (Fsp3) is 0.0667. The van der Waals surface area contributed by atoms with Gasteiger partial charge in [0.25, 0.3) is 0 Å². The van der Waals surface area contributed by atoms with Crippen LogP contribution in [0, 0.1) is 11.3 Å². The van der Waals surface area contributed by atoms with Crippen molar-refractivity contribution in [3.63, 3.8) is 0 Å². The Labute approximate surface area is 134 Å². The molecule has 2 rings (SSSR count). The Morgan fingerprint density at radius 2 is 1.82 bits per heavy atom. The van der Waals surface area contributed by atoms with E-state index in [1.807, 2.05) is 18.2 Å². The van der Waals surface area contributed by atoms with Gasteiger partial charge in [-0.05, 0) is 0 Å². The van der Waals surface area contributed by atoms with Gasteiger partial charge >= 0.3 is 134 Å². The molecule has 1 amide bonds. The fourth-order valence-electron chi connectivity index (χ4n) is 1.82. The number of carbonyl (C=O) groups is 1. The third kappa shape index (κ3) is 3.93. The third-order valence-corrected chi connectivity index (χ3v) is 4.54. The van der Waals surface area contributed by atoms with E-state index in [9.17, 15) is 4.79 Å². The van der Waals surface area contributed by atoms with Crippen molar-refractivity contribution in [2.75, 3.05) is 11.9 Å². The molecule has 0 aliphatic heterocycles. The number of nitrogens with zero attached hydrogens (tertiary/aromatic N) is 2. The van der Waals surface area contributed by atoms with Gasteiger partial charge in [-0.1, -0.05) is 0 Å². The zero-order valence-corrected chi connectivity index (χ0v) is 13.8. The number of anilines is 1. The average Bonchev–Trinajstić information content (AvgIpc) is 2.59. The molecule has 2 radical (unpaired) electrons. The van der Waals surface area contributed by atoms with Crippen LogP contribution in [0.4, 0.5) is 5.69 Å². The SMILES string of the molecule is CN(C(=O)c1ccc(C#N)cc1)c1cc[c]([Ge][O]OO)cc1. The van der Waals surface area contributed by atoms with E-state index in [1.54, 1.807) is 43.4 Å². The second-order valence-corrected chi connectivity index (χ2v) is 6.35. The molecule has 2 aromatic rings. The van der Waals surface area contributed by atoms with Gasteiger partial charge in [0.1, 0.15) is 0 Å². The second kappa shape index (κ2) is 7.72. The van der Waals surface area contributed by atoms with Crippen LogP contribution in [0.5, 0.6) is 0 Å². The summed E-state index contributed by atoms with van der Waals surface area (Å²) in [4.78, 5) is 13.9. The van der Waals surface area contributed by atoms with E-state index >= 15 is 0 Å². The van der Waals surface area contributed by atoms with Crippen molar-refractivity contribution in [3.8, 4) is 6.07 Å². The molecule has 0 unspecified atom stereocenters. The molecule has 6 nitrogen and oxygen atoms in total. The van der Waals surface area contributed by atoms with Gasteiger partial charge in [0.15, 0.2) is 0 Å². The summed E-state index contributed by atoms with van der Waals surface area (Å²) in [5.74, 6) is -0.164. The molecule has 110 valence electrons. The van der Waals surface area contributed by atoms with Crippen LogP contribution in [0.15, 0.2) is 48.5 Å². The molecule has 0 atom stereocenters. The van der Waals surface area contributed by atoms with Crippen LogP contribution >= 0.6 is 0 Å².